The molecule has 0 aliphatic rings. The lowest BCUT2D eigenvalue weighted by Gasteiger charge is -2.12. The van der Waals surface area contributed by atoms with Crippen LogP contribution in [0.4, 0.5) is 5.69 Å². The largest absolute Gasteiger partial charge is 0.325 e. The van der Waals surface area contributed by atoms with Crippen LogP contribution in [-0.4, -0.2) is 11.7 Å². The van der Waals surface area contributed by atoms with E-state index in [-0.39, 0.29) is 11.8 Å². The number of hydrogen-bond acceptors (Lipinski definition) is 2. The molecule has 1 N–H and O–H groups in total. The van der Waals surface area contributed by atoms with E-state index in [1.807, 2.05) is 38.1 Å². The number of carbonyl (C=O) groups excluding carboxylic acids is 1. The van der Waals surface area contributed by atoms with Crippen LogP contribution in [0.3, 0.4) is 0 Å². The van der Waals surface area contributed by atoms with Gasteiger partial charge in [0.05, 0.1) is 5.69 Å². The Morgan fingerprint density at radius 2 is 1.73 bits per heavy atom. The lowest BCUT2D eigenvalue weighted by Crippen LogP contribution is -2.18. The molecule has 0 saturated carbocycles. The summed E-state index contributed by atoms with van der Waals surface area (Å²) in [6, 6.07) is 18.6. The number of amides is 1. The van der Waals surface area contributed by atoms with Crippen LogP contribution < -0.4 is 5.32 Å². The highest BCUT2D eigenvalue weighted by molar-refractivity contribution is 7.99. The molecule has 116 valence electrons. The minimum atomic E-state index is -0.00358. The van der Waals surface area contributed by atoms with Gasteiger partial charge in [-0.2, -0.15) is 0 Å². The third-order valence-electron chi connectivity index (χ3n) is 3.38. The van der Waals surface area contributed by atoms with Gasteiger partial charge in [0.25, 0.3) is 0 Å². The van der Waals surface area contributed by atoms with Crippen LogP contribution in [0.15, 0.2) is 59.5 Å². The molecule has 0 aliphatic carbocycles. The van der Waals surface area contributed by atoms with E-state index >= 15 is 0 Å². The Bertz CT molecular complexity index is 595. The Kier molecular flexibility index (Phi) is 6.53. The molecule has 0 bridgehead atoms. The SMILES string of the molecule is CC(C)C(=O)Nc1ccccc1SCCCc1ccccc1. The number of aryl methyl sites for hydroxylation is 1. The summed E-state index contributed by atoms with van der Waals surface area (Å²) in [5.41, 5.74) is 2.30. The molecule has 0 heterocycles. The summed E-state index contributed by atoms with van der Waals surface area (Å²) >= 11 is 1.81. The van der Waals surface area contributed by atoms with Gasteiger partial charge >= 0.3 is 0 Å². The van der Waals surface area contributed by atoms with Crippen molar-refractivity contribution >= 4 is 23.4 Å². The van der Waals surface area contributed by atoms with Crippen LogP contribution in [0.25, 0.3) is 0 Å². The van der Waals surface area contributed by atoms with E-state index in [9.17, 15) is 4.79 Å². The maximum atomic E-state index is 11.9. The summed E-state index contributed by atoms with van der Waals surface area (Å²) in [5, 5.41) is 3.01. The molecule has 1 amide bonds. The summed E-state index contributed by atoms with van der Waals surface area (Å²) in [4.78, 5) is 13.0. The minimum Gasteiger partial charge on any atom is -0.325 e. The summed E-state index contributed by atoms with van der Waals surface area (Å²) in [6.45, 7) is 3.82. The van der Waals surface area contributed by atoms with Crippen LogP contribution >= 0.6 is 11.8 Å². The average molecular weight is 313 g/mol. The maximum Gasteiger partial charge on any atom is 0.226 e. The van der Waals surface area contributed by atoms with Crippen LogP contribution in [0.2, 0.25) is 0 Å². The highest BCUT2D eigenvalue weighted by atomic mass is 32.2. The lowest BCUT2D eigenvalue weighted by molar-refractivity contribution is -0.118. The van der Waals surface area contributed by atoms with E-state index in [1.165, 1.54) is 5.56 Å². The van der Waals surface area contributed by atoms with Crippen molar-refractivity contribution in [1.82, 2.24) is 0 Å². The molecule has 0 saturated heterocycles. The number of rotatable bonds is 7. The number of carbonyl (C=O) groups is 1. The Balaban J connectivity index is 1.86. The zero-order chi connectivity index (χ0) is 15.8. The molecule has 2 aromatic carbocycles. The van der Waals surface area contributed by atoms with Crippen LogP contribution in [-0.2, 0) is 11.2 Å². The third-order valence-corrected chi connectivity index (χ3v) is 4.54. The number of thioether (sulfide) groups is 1. The van der Waals surface area contributed by atoms with Gasteiger partial charge in [-0.3, -0.25) is 4.79 Å². The topological polar surface area (TPSA) is 29.1 Å². The van der Waals surface area contributed by atoms with Gasteiger partial charge in [-0.05, 0) is 36.3 Å². The van der Waals surface area contributed by atoms with Gasteiger partial charge in [0.2, 0.25) is 5.91 Å². The predicted molar refractivity (Wildman–Crippen MR) is 95.4 cm³/mol. The van der Waals surface area contributed by atoms with Gasteiger partial charge < -0.3 is 5.32 Å². The number of para-hydroxylation sites is 1. The van der Waals surface area contributed by atoms with E-state index in [1.54, 1.807) is 11.8 Å². The van der Waals surface area contributed by atoms with Gasteiger partial charge in [-0.25, -0.2) is 0 Å². The standard InChI is InChI=1S/C19H23NOS/c1-15(2)19(21)20-17-12-6-7-13-18(17)22-14-8-11-16-9-4-3-5-10-16/h3-7,9-10,12-13,15H,8,11,14H2,1-2H3,(H,20,21). The van der Waals surface area contributed by atoms with Crippen LogP contribution in [0.1, 0.15) is 25.8 Å². The van der Waals surface area contributed by atoms with Gasteiger partial charge in [0.1, 0.15) is 0 Å². The number of nitrogens with one attached hydrogen (secondary N) is 1. The zero-order valence-electron chi connectivity index (χ0n) is 13.2. The first-order valence-corrected chi connectivity index (χ1v) is 8.72. The van der Waals surface area contributed by atoms with Crippen molar-refractivity contribution < 1.29 is 4.79 Å². The van der Waals surface area contributed by atoms with Crippen molar-refractivity contribution in [3.63, 3.8) is 0 Å². The summed E-state index contributed by atoms with van der Waals surface area (Å²) < 4.78 is 0. The number of benzene rings is 2. The molecule has 22 heavy (non-hydrogen) atoms. The second-order valence-corrected chi connectivity index (χ2v) is 6.71. The molecule has 2 nitrogen and oxygen atoms in total. The highest BCUT2D eigenvalue weighted by Gasteiger charge is 2.09. The van der Waals surface area contributed by atoms with Crippen molar-refractivity contribution in [2.45, 2.75) is 31.6 Å². The molecule has 2 aromatic rings. The number of hydrogen-bond donors (Lipinski definition) is 1. The second-order valence-electron chi connectivity index (χ2n) is 5.58. The lowest BCUT2D eigenvalue weighted by atomic mass is 10.1. The molecule has 0 spiro atoms. The number of anilines is 1. The van der Waals surface area contributed by atoms with Crippen molar-refractivity contribution in [3.8, 4) is 0 Å². The minimum absolute atomic E-state index is 0.00358. The van der Waals surface area contributed by atoms with Gasteiger partial charge in [0.15, 0.2) is 0 Å². The van der Waals surface area contributed by atoms with Gasteiger partial charge in [-0.15, -0.1) is 11.8 Å². The molecular formula is C19H23NOS. The molecule has 0 fully saturated rings. The summed E-state index contributed by atoms with van der Waals surface area (Å²) in [6.07, 6.45) is 2.22. The molecule has 0 aromatic heterocycles. The smallest absolute Gasteiger partial charge is 0.226 e. The Labute approximate surface area is 137 Å². The van der Waals surface area contributed by atoms with Gasteiger partial charge in [-0.1, -0.05) is 56.3 Å². The van der Waals surface area contributed by atoms with Crippen LogP contribution in [0, 0.1) is 5.92 Å². The molecule has 0 aliphatic heterocycles. The maximum absolute atomic E-state index is 11.9. The Morgan fingerprint density at radius 1 is 1.05 bits per heavy atom. The first-order chi connectivity index (χ1) is 10.7. The molecule has 0 unspecified atom stereocenters. The Morgan fingerprint density at radius 3 is 2.45 bits per heavy atom. The van der Waals surface area contributed by atoms with E-state index < -0.39 is 0 Å². The average Bonchev–Trinajstić information content (AvgIpc) is 2.54. The molecular weight excluding hydrogens is 290 g/mol. The van der Waals surface area contributed by atoms with E-state index in [2.05, 4.69) is 35.6 Å². The fourth-order valence-corrected chi connectivity index (χ4v) is 3.03. The predicted octanol–water partition coefficient (Wildman–Crippen LogP) is 5.01. The third kappa shape index (κ3) is 5.23. The molecule has 0 atom stereocenters. The molecule has 3 heteroatoms. The van der Waals surface area contributed by atoms with Crippen LogP contribution in [0.5, 0.6) is 0 Å². The zero-order valence-corrected chi connectivity index (χ0v) is 14.0. The highest BCUT2D eigenvalue weighted by Crippen LogP contribution is 2.28. The van der Waals surface area contributed by atoms with Crippen molar-refractivity contribution in [2.24, 2.45) is 5.92 Å². The molecule has 2 rings (SSSR count). The first-order valence-electron chi connectivity index (χ1n) is 7.73. The fraction of sp³-hybridized carbons (Fsp3) is 0.316. The molecule has 0 radical (unpaired) electrons. The van der Waals surface area contributed by atoms with Crippen molar-refractivity contribution in [3.05, 3.63) is 60.2 Å². The summed E-state index contributed by atoms with van der Waals surface area (Å²) in [7, 11) is 0. The van der Waals surface area contributed by atoms with Gasteiger partial charge in [0, 0.05) is 10.8 Å². The van der Waals surface area contributed by atoms with Crippen molar-refractivity contribution in [2.75, 3.05) is 11.1 Å². The second kappa shape index (κ2) is 8.64. The Hall–Kier alpha value is -1.74. The fourth-order valence-electron chi connectivity index (χ4n) is 2.08. The van der Waals surface area contributed by atoms with E-state index in [0.29, 0.717) is 0 Å². The van der Waals surface area contributed by atoms with E-state index in [0.717, 1.165) is 29.2 Å². The quantitative estimate of drug-likeness (QED) is 0.575. The van der Waals surface area contributed by atoms with Crippen molar-refractivity contribution in [1.29, 1.82) is 0 Å². The monoisotopic (exact) mass is 313 g/mol. The van der Waals surface area contributed by atoms with E-state index in [4.69, 9.17) is 0 Å². The normalized spacial score (nSPS) is 10.7. The first kappa shape index (κ1) is 16.6. The summed E-state index contributed by atoms with van der Waals surface area (Å²) in [5.74, 6) is 1.11.